The number of hydrogen-bond donors (Lipinski definition) is 1. The Morgan fingerprint density at radius 1 is 1.09 bits per heavy atom. The van der Waals surface area contributed by atoms with Gasteiger partial charge in [0.15, 0.2) is 0 Å². The Morgan fingerprint density at radius 3 is 2.39 bits per heavy atom. The lowest BCUT2D eigenvalue weighted by Gasteiger charge is -2.18. The third-order valence-corrected chi connectivity index (χ3v) is 4.02. The summed E-state index contributed by atoms with van der Waals surface area (Å²) in [4.78, 5) is 11.8. The monoisotopic (exact) mass is 314 g/mol. The van der Waals surface area contributed by atoms with Gasteiger partial charge < -0.3 is 14.6 Å². The fourth-order valence-electron chi connectivity index (χ4n) is 2.79. The van der Waals surface area contributed by atoms with E-state index in [-0.39, 0.29) is 0 Å². The molecule has 2 aromatic rings. The van der Waals surface area contributed by atoms with Gasteiger partial charge in [-0.2, -0.15) is 0 Å². The first kappa shape index (κ1) is 16.9. The van der Waals surface area contributed by atoms with Crippen LogP contribution in [-0.4, -0.2) is 25.3 Å². The highest BCUT2D eigenvalue weighted by Crippen LogP contribution is 2.31. The SMILES string of the molecule is COc1ccc(CC(C(=O)O)c2ccc(C)cc2C)c(OC)c1. The van der Waals surface area contributed by atoms with Crippen molar-refractivity contribution in [2.24, 2.45) is 0 Å². The van der Waals surface area contributed by atoms with E-state index >= 15 is 0 Å². The zero-order valence-electron chi connectivity index (χ0n) is 13.9. The molecule has 0 aromatic heterocycles. The molecule has 2 aromatic carbocycles. The molecule has 4 nitrogen and oxygen atoms in total. The molecular formula is C19H22O4. The van der Waals surface area contributed by atoms with Gasteiger partial charge in [-0.15, -0.1) is 0 Å². The second-order valence-electron chi connectivity index (χ2n) is 5.63. The van der Waals surface area contributed by atoms with Crippen molar-refractivity contribution in [2.45, 2.75) is 26.2 Å². The zero-order valence-corrected chi connectivity index (χ0v) is 13.9. The maximum atomic E-state index is 11.8. The summed E-state index contributed by atoms with van der Waals surface area (Å²) in [6.07, 6.45) is 0.367. The fraction of sp³-hybridized carbons (Fsp3) is 0.316. The second kappa shape index (κ2) is 7.18. The van der Waals surface area contributed by atoms with Gasteiger partial charge in [0, 0.05) is 6.07 Å². The molecule has 0 saturated carbocycles. The molecule has 0 bridgehead atoms. The summed E-state index contributed by atoms with van der Waals surface area (Å²) in [6, 6.07) is 11.3. The standard InChI is InChI=1S/C19H22O4/c1-12-5-8-16(13(2)9-12)17(19(20)21)10-14-6-7-15(22-3)11-18(14)23-4/h5-9,11,17H,10H2,1-4H3,(H,20,21). The van der Waals surface area contributed by atoms with Gasteiger partial charge in [0.25, 0.3) is 0 Å². The molecule has 0 amide bonds. The molecule has 4 heteroatoms. The second-order valence-corrected chi connectivity index (χ2v) is 5.63. The highest BCUT2D eigenvalue weighted by atomic mass is 16.5. The summed E-state index contributed by atoms with van der Waals surface area (Å²) >= 11 is 0. The van der Waals surface area contributed by atoms with E-state index in [2.05, 4.69) is 0 Å². The van der Waals surface area contributed by atoms with Gasteiger partial charge in [-0.3, -0.25) is 4.79 Å². The van der Waals surface area contributed by atoms with Gasteiger partial charge in [-0.25, -0.2) is 0 Å². The Kier molecular flexibility index (Phi) is 5.27. The molecule has 122 valence electrons. The topological polar surface area (TPSA) is 55.8 Å². The Balaban J connectivity index is 2.39. The summed E-state index contributed by atoms with van der Waals surface area (Å²) in [5, 5.41) is 9.68. The normalized spacial score (nSPS) is 11.8. The van der Waals surface area contributed by atoms with Crippen LogP contribution in [0.4, 0.5) is 0 Å². The largest absolute Gasteiger partial charge is 0.497 e. The van der Waals surface area contributed by atoms with E-state index in [1.807, 2.05) is 44.2 Å². The van der Waals surface area contributed by atoms with E-state index in [9.17, 15) is 9.90 Å². The molecule has 1 unspecified atom stereocenters. The van der Waals surface area contributed by atoms with Crippen molar-refractivity contribution in [2.75, 3.05) is 14.2 Å². The maximum Gasteiger partial charge on any atom is 0.311 e. The number of carboxylic acids is 1. The maximum absolute atomic E-state index is 11.8. The zero-order chi connectivity index (χ0) is 17.0. The lowest BCUT2D eigenvalue weighted by Crippen LogP contribution is -2.16. The molecule has 0 heterocycles. The van der Waals surface area contributed by atoms with Crippen LogP contribution >= 0.6 is 0 Å². The molecule has 0 aliphatic carbocycles. The summed E-state index contributed by atoms with van der Waals surface area (Å²) in [6.45, 7) is 3.95. The molecule has 23 heavy (non-hydrogen) atoms. The van der Waals surface area contributed by atoms with Crippen molar-refractivity contribution >= 4 is 5.97 Å². The van der Waals surface area contributed by atoms with Crippen molar-refractivity contribution in [1.82, 2.24) is 0 Å². The molecule has 0 aliphatic heterocycles. The van der Waals surface area contributed by atoms with E-state index in [4.69, 9.17) is 9.47 Å². The van der Waals surface area contributed by atoms with Gasteiger partial charge in [-0.1, -0.05) is 29.8 Å². The summed E-state index contributed by atoms with van der Waals surface area (Å²) in [7, 11) is 3.16. The Hall–Kier alpha value is -2.49. The highest BCUT2D eigenvalue weighted by Gasteiger charge is 2.23. The minimum atomic E-state index is -0.838. The molecule has 0 aliphatic rings. The lowest BCUT2D eigenvalue weighted by atomic mass is 9.88. The third-order valence-electron chi connectivity index (χ3n) is 4.02. The number of carbonyl (C=O) groups is 1. The van der Waals surface area contributed by atoms with E-state index in [1.54, 1.807) is 20.3 Å². The van der Waals surface area contributed by atoms with Crippen molar-refractivity contribution < 1.29 is 19.4 Å². The highest BCUT2D eigenvalue weighted by molar-refractivity contribution is 5.77. The molecule has 1 N–H and O–H groups in total. The van der Waals surface area contributed by atoms with Crippen LogP contribution in [0.5, 0.6) is 11.5 Å². The number of carboxylic acid groups (broad SMARTS) is 1. The van der Waals surface area contributed by atoms with Crippen molar-refractivity contribution in [1.29, 1.82) is 0 Å². The molecular weight excluding hydrogens is 292 g/mol. The predicted octanol–water partition coefficient (Wildman–Crippen LogP) is 3.73. The number of hydrogen-bond acceptors (Lipinski definition) is 3. The lowest BCUT2D eigenvalue weighted by molar-refractivity contribution is -0.138. The van der Waals surface area contributed by atoms with Crippen LogP contribution in [0.15, 0.2) is 36.4 Å². The number of aryl methyl sites for hydroxylation is 2. The first-order valence-electron chi connectivity index (χ1n) is 7.47. The van der Waals surface area contributed by atoms with E-state index < -0.39 is 11.9 Å². The first-order valence-corrected chi connectivity index (χ1v) is 7.47. The van der Waals surface area contributed by atoms with Crippen molar-refractivity contribution in [3.05, 3.63) is 58.7 Å². The smallest absolute Gasteiger partial charge is 0.311 e. The van der Waals surface area contributed by atoms with E-state index in [1.165, 1.54) is 0 Å². The Morgan fingerprint density at radius 2 is 1.83 bits per heavy atom. The van der Waals surface area contributed by atoms with Crippen molar-refractivity contribution in [3.8, 4) is 11.5 Å². The van der Waals surface area contributed by atoms with Gasteiger partial charge in [0.1, 0.15) is 11.5 Å². The van der Waals surface area contributed by atoms with Crippen LogP contribution < -0.4 is 9.47 Å². The summed E-state index contributed by atoms with van der Waals surface area (Å²) < 4.78 is 10.6. The van der Waals surface area contributed by atoms with Crippen LogP contribution in [0.3, 0.4) is 0 Å². The number of benzene rings is 2. The van der Waals surface area contributed by atoms with Gasteiger partial charge in [0.2, 0.25) is 0 Å². The fourth-order valence-corrected chi connectivity index (χ4v) is 2.79. The molecule has 1 atom stereocenters. The van der Waals surface area contributed by atoms with E-state index in [0.29, 0.717) is 17.9 Å². The minimum Gasteiger partial charge on any atom is -0.497 e. The van der Waals surface area contributed by atoms with E-state index in [0.717, 1.165) is 22.3 Å². The third kappa shape index (κ3) is 3.83. The predicted molar refractivity (Wildman–Crippen MR) is 89.5 cm³/mol. The van der Waals surface area contributed by atoms with Crippen molar-refractivity contribution in [3.63, 3.8) is 0 Å². The van der Waals surface area contributed by atoms with Crippen LogP contribution in [0, 0.1) is 13.8 Å². The Bertz CT molecular complexity index is 707. The summed E-state index contributed by atoms with van der Waals surface area (Å²) in [5.74, 6) is -0.128. The van der Waals surface area contributed by atoms with Gasteiger partial charge in [0.05, 0.1) is 20.1 Å². The number of aliphatic carboxylic acids is 1. The van der Waals surface area contributed by atoms with Gasteiger partial charge >= 0.3 is 5.97 Å². The number of ether oxygens (including phenoxy) is 2. The van der Waals surface area contributed by atoms with Crippen LogP contribution in [0.2, 0.25) is 0 Å². The molecule has 0 spiro atoms. The average Bonchev–Trinajstić information content (AvgIpc) is 2.53. The van der Waals surface area contributed by atoms with Gasteiger partial charge in [-0.05, 0) is 43.0 Å². The molecule has 0 radical (unpaired) electrons. The Labute approximate surface area is 136 Å². The van der Waals surface area contributed by atoms with Crippen LogP contribution in [0.25, 0.3) is 0 Å². The molecule has 0 fully saturated rings. The molecule has 0 saturated heterocycles. The number of rotatable bonds is 6. The van der Waals surface area contributed by atoms with Crippen LogP contribution in [0.1, 0.15) is 28.2 Å². The first-order chi connectivity index (χ1) is 11.0. The summed E-state index contributed by atoms with van der Waals surface area (Å²) in [5.41, 5.74) is 3.80. The average molecular weight is 314 g/mol. The quantitative estimate of drug-likeness (QED) is 0.882. The number of methoxy groups -OCH3 is 2. The van der Waals surface area contributed by atoms with Crippen LogP contribution in [-0.2, 0) is 11.2 Å². The minimum absolute atomic E-state index is 0.367. The molecule has 2 rings (SSSR count).